The van der Waals surface area contributed by atoms with Crippen molar-refractivity contribution in [1.29, 1.82) is 0 Å². The molecule has 1 N–H and O–H groups in total. The summed E-state index contributed by atoms with van der Waals surface area (Å²) in [7, 11) is 1.83. The second-order valence-electron chi connectivity index (χ2n) is 5.83. The van der Waals surface area contributed by atoms with Gasteiger partial charge >= 0.3 is 5.97 Å². The average molecular weight is 437 g/mol. The van der Waals surface area contributed by atoms with Crippen LogP contribution in [0.2, 0.25) is 0 Å². The van der Waals surface area contributed by atoms with Gasteiger partial charge in [-0.3, -0.25) is 4.98 Å². The van der Waals surface area contributed by atoms with Crippen LogP contribution in [0.3, 0.4) is 0 Å². The molecule has 26 heavy (non-hydrogen) atoms. The van der Waals surface area contributed by atoms with Gasteiger partial charge < -0.3 is 14.7 Å². The lowest BCUT2D eigenvalue weighted by Gasteiger charge is -2.27. The van der Waals surface area contributed by atoms with E-state index in [4.69, 9.17) is 4.74 Å². The molecule has 0 spiro atoms. The average Bonchev–Trinajstić information content (AvgIpc) is 2.94. The summed E-state index contributed by atoms with van der Waals surface area (Å²) in [5.41, 5.74) is 2.82. The molecule has 2 aliphatic rings. The van der Waals surface area contributed by atoms with Crippen LogP contribution in [-0.4, -0.2) is 43.7 Å². The monoisotopic (exact) mass is 436 g/mol. The number of likely N-dealkylation sites (N-methyl/N-ethyl adjacent to an activating group) is 1. The normalized spacial score (nSPS) is 19.9. The minimum Gasteiger partial charge on any atom is -0.505 e. The SMILES string of the molecule is CCOC(=O)C1=C2C(=S=O)C(O)=C(Br)C(C)=C2N(C)C1c1ccccn1. The Morgan fingerprint density at radius 1 is 1.46 bits per heavy atom. The number of pyridine rings is 1. The number of ether oxygens (including phenoxy) is 1. The molecule has 0 fully saturated rings. The number of nitrogens with zero attached hydrogens (tertiary/aromatic N) is 2. The molecule has 1 aromatic rings. The van der Waals surface area contributed by atoms with Crippen molar-refractivity contribution in [2.45, 2.75) is 19.9 Å². The highest BCUT2D eigenvalue weighted by molar-refractivity contribution is 9.12. The number of allylic oxidation sites excluding steroid dienone is 4. The third-order valence-corrected chi connectivity index (χ3v) is 5.94. The number of hydrogen-bond acceptors (Lipinski definition) is 6. The first-order chi connectivity index (χ1) is 12.4. The van der Waals surface area contributed by atoms with E-state index in [2.05, 4.69) is 20.9 Å². The lowest BCUT2D eigenvalue weighted by atomic mass is 9.93. The molecular formula is C18H17BrN2O4S. The first-order valence-corrected chi connectivity index (χ1v) is 9.50. The quantitative estimate of drug-likeness (QED) is 0.579. The molecule has 1 aromatic heterocycles. The predicted octanol–water partition coefficient (Wildman–Crippen LogP) is 2.77. The summed E-state index contributed by atoms with van der Waals surface area (Å²) in [4.78, 5) is 19.2. The predicted molar refractivity (Wildman–Crippen MR) is 103 cm³/mol. The molecule has 1 atom stereocenters. The third kappa shape index (κ3) is 2.73. The molecule has 2 heterocycles. The number of carbonyl (C=O) groups is 1. The van der Waals surface area contributed by atoms with Gasteiger partial charge in [0.15, 0.2) is 5.76 Å². The van der Waals surface area contributed by atoms with Crippen molar-refractivity contribution in [3.63, 3.8) is 0 Å². The van der Waals surface area contributed by atoms with E-state index in [0.717, 1.165) is 5.57 Å². The third-order valence-electron chi connectivity index (χ3n) is 4.40. The molecule has 6 nitrogen and oxygen atoms in total. The number of halogens is 1. The zero-order valence-electron chi connectivity index (χ0n) is 14.4. The van der Waals surface area contributed by atoms with Crippen molar-refractivity contribution < 1.29 is 18.8 Å². The minimum atomic E-state index is -0.523. The summed E-state index contributed by atoms with van der Waals surface area (Å²) in [6, 6.07) is 4.94. The number of rotatable bonds is 3. The van der Waals surface area contributed by atoms with Crippen LogP contribution in [0.4, 0.5) is 0 Å². The Labute approximate surface area is 163 Å². The van der Waals surface area contributed by atoms with Crippen LogP contribution in [0.15, 0.2) is 57.1 Å². The zero-order chi connectivity index (χ0) is 19.0. The van der Waals surface area contributed by atoms with E-state index < -0.39 is 12.0 Å². The number of esters is 1. The molecule has 0 saturated carbocycles. The minimum absolute atomic E-state index is 0.103. The number of fused-ring (bicyclic) bond motifs is 1. The highest BCUT2D eigenvalue weighted by atomic mass is 79.9. The van der Waals surface area contributed by atoms with Gasteiger partial charge in [-0.2, -0.15) is 0 Å². The molecule has 1 aliphatic carbocycles. The zero-order valence-corrected chi connectivity index (χ0v) is 16.8. The van der Waals surface area contributed by atoms with E-state index in [1.807, 2.05) is 31.0 Å². The molecule has 0 saturated heterocycles. The smallest absolute Gasteiger partial charge is 0.337 e. The summed E-state index contributed by atoms with van der Waals surface area (Å²) >= 11 is 3.50. The second-order valence-corrected chi connectivity index (χ2v) is 7.19. The van der Waals surface area contributed by atoms with Crippen LogP contribution < -0.4 is 0 Å². The van der Waals surface area contributed by atoms with Crippen molar-refractivity contribution in [3.8, 4) is 0 Å². The van der Waals surface area contributed by atoms with Crippen molar-refractivity contribution >= 4 is 38.0 Å². The van der Waals surface area contributed by atoms with Crippen molar-refractivity contribution in [3.05, 3.63) is 62.7 Å². The molecule has 8 heteroatoms. The molecular weight excluding hydrogens is 420 g/mol. The summed E-state index contributed by atoms with van der Waals surface area (Å²) in [5, 5.41) is 10.4. The van der Waals surface area contributed by atoms with E-state index in [1.54, 1.807) is 19.2 Å². The maximum absolute atomic E-state index is 12.8. The molecule has 136 valence electrons. The summed E-state index contributed by atoms with van der Waals surface area (Å²) in [6.45, 7) is 3.75. The second kappa shape index (κ2) is 7.20. The number of aliphatic hydroxyl groups excluding tert-OH is 1. The maximum atomic E-state index is 12.8. The van der Waals surface area contributed by atoms with Gasteiger partial charge in [-0.25, -0.2) is 9.00 Å². The Hall–Kier alpha value is -2.19. The number of carbonyl (C=O) groups excluding carboxylic acids is 1. The van der Waals surface area contributed by atoms with Gasteiger partial charge in [-0.15, -0.1) is 0 Å². The number of aliphatic hydroxyl groups is 1. The first-order valence-electron chi connectivity index (χ1n) is 7.96. The Morgan fingerprint density at radius 3 is 2.77 bits per heavy atom. The molecule has 0 bridgehead atoms. The van der Waals surface area contributed by atoms with Crippen LogP contribution in [-0.2, 0) is 20.8 Å². The van der Waals surface area contributed by atoms with Crippen molar-refractivity contribution in [2.75, 3.05) is 13.7 Å². The van der Waals surface area contributed by atoms with Gasteiger partial charge in [-0.05, 0) is 47.5 Å². The largest absolute Gasteiger partial charge is 0.505 e. The Balaban J connectivity index is 2.35. The van der Waals surface area contributed by atoms with Crippen molar-refractivity contribution in [2.24, 2.45) is 0 Å². The molecule has 1 aliphatic heterocycles. The van der Waals surface area contributed by atoms with Crippen LogP contribution >= 0.6 is 15.9 Å². The lowest BCUT2D eigenvalue weighted by Crippen LogP contribution is -2.25. The highest BCUT2D eigenvalue weighted by Crippen LogP contribution is 2.48. The van der Waals surface area contributed by atoms with Crippen molar-refractivity contribution in [1.82, 2.24) is 9.88 Å². The lowest BCUT2D eigenvalue weighted by molar-refractivity contribution is -0.139. The van der Waals surface area contributed by atoms with Crippen LogP contribution in [0, 0.1) is 0 Å². The van der Waals surface area contributed by atoms with Gasteiger partial charge in [-0.1, -0.05) is 6.07 Å². The molecule has 0 amide bonds. The Kier molecular flexibility index (Phi) is 5.15. The van der Waals surface area contributed by atoms with E-state index in [1.165, 1.54) is 0 Å². The molecule has 1 unspecified atom stereocenters. The fourth-order valence-electron chi connectivity index (χ4n) is 3.33. The van der Waals surface area contributed by atoms with Gasteiger partial charge in [0.25, 0.3) is 0 Å². The van der Waals surface area contributed by atoms with E-state index in [9.17, 15) is 14.1 Å². The fourth-order valence-corrected chi connectivity index (χ4v) is 4.32. The van der Waals surface area contributed by atoms with Gasteiger partial charge in [0.1, 0.15) is 22.2 Å². The topological polar surface area (TPSA) is 79.7 Å². The van der Waals surface area contributed by atoms with Crippen LogP contribution in [0.1, 0.15) is 25.6 Å². The first kappa shape index (κ1) is 18.6. The van der Waals surface area contributed by atoms with E-state index in [-0.39, 0.29) is 28.5 Å². The number of aromatic nitrogens is 1. The van der Waals surface area contributed by atoms with Gasteiger partial charge in [0, 0.05) is 18.8 Å². The van der Waals surface area contributed by atoms with E-state index in [0.29, 0.717) is 27.0 Å². The fraction of sp³-hybridized carbons (Fsp3) is 0.278. The van der Waals surface area contributed by atoms with Crippen LogP contribution in [0.25, 0.3) is 0 Å². The van der Waals surface area contributed by atoms with E-state index >= 15 is 0 Å². The van der Waals surface area contributed by atoms with Crippen LogP contribution in [0.5, 0.6) is 0 Å². The molecule has 0 aromatic carbocycles. The summed E-state index contributed by atoms with van der Waals surface area (Å²) in [5.74, 6) is -0.691. The standard InChI is InChI=1S/C18H17BrN2O4S/c1-4-25-18(23)12-11-14(9(2)13(19)16(22)17(11)26-24)21(3)15(12)10-7-5-6-8-20-10/h5-8,15,22H,4H2,1-3H3. The van der Waals surface area contributed by atoms with Gasteiger partial charge in [0.05, 0.1) is 28.1 Å². The van der Waals surface area contributed by atoms with Gasteiger partial charge in [0.2, 0.25) is 0 Å². The summed E-state index contributed by atoms with van der Waals surface area (Å²) in [6.07, 6.45) is 1.65. The Morgan fingerprint density at radius 2 is 2.19 bits per heavy atom. The summed E-state index contributed by atoms with van der Waals surface area (Å²) < 4.78 is 17.5. The molecule has 3 rings (SSSR count). The Bertz CT molecular complexity index is 930. The molecule has 0 radical (unpaired) electrons. The highest BCUT2D eigenvalue weighted by Gasteiger charge is 2.45. The maximum Gasteiger partial charge on any atom is 0.337 e. The number of hydrogen-bond donors (Lipinski definition) is 1.